The van der Waals surface area contributed by atoms with Gasteiger partial charge in [0.05, 0.1) is 12.8 Å². The fourth-order valence-electron chi connectivity index (χ4n) is 2.94. The van der Waals surface area contributed by atoms with Crippen LogP contribution in [0.1, 0.15) is 37.4 Å². The number of nitrogens with one attached hydrogen (secondary N) is 1. The zero-order chi connectivity index (χ0) is 14.8. The van der Waals surface area contributed by atoms with Gasteiger partial charge in [-0.1, -0.05) is 12.8 Å². The van der Waals surface area contributed by atoms with Crippen molar-refractivity contribution in [3.8, 4) is 5.75 Å². The molecule has 1 heterocycles. The molecule has 0 aliphatic heterocycles. The molecule has 1 aliphatic carbocycles. The predicted octanol–water partition coefficient (Wildman–Crippen LogP) is 4.20. The van der Waals surface area contributed by atoms with Gasteiger partial charge in [0.25, 0.3) is 0 Å². The van der Waals surface area contributed by atoms with Gasteiger partial charge < -0.3 is 14.6 Å². The summed E-state index contributed by atoms with van der Waals surface area (Å²) in [7, 11) is 1.46. The van der Waals surface area contributed by atoms with Gasteiger partial charge in [-0.2, -0.15) is 0 Å². The molecule has 0 amide bonds. The summed E-state index contributed by atoms with van der Waals surface area (Å²) in [6.07, 6.45) is 7.00. The SMILES string of the molecule is COc1cc(Nc2nc(C)cn2C2CCCC2)ccc1F. The van der Waals surface area contributed by atoms with Crippen LogP contribution in [0.15, 0.2) is 24.4 Å². The van der Waals surface area contributed by atoms with Crippen LogP contribution in [0.5, 0.6) is 5.75 Å². The molecule has 1 saturated carbocycles. The largest absolute Gasteiger partial charge is 0.494 e. The van der Waals surface area contributed by atoms with Crippen molar-refractivity contribution >= 4 is 11.6 Å². The van der Waals surface area contributed by atoms with Gasteiger partial charge in [-0.25, -0.2) is 9.37 Å². The lowest BCUT2D eigenvalue weighted by Gasteiger charge is -2.16. The highest BCUT2D eigenvalue weighted by atomic mass is 19.1. The summed E-state index contributed by atoms with van der Waals surface area (Å²) in [5.41, 5.74) is 1.76. The number of aromatic nitrogens is 2. The first kappa shape index (κ1) is 13.9. The molecule has 0 bridgehead atoms. The molecule has 3 rings (SSSR count). The number of benzene rings is 1. The second kappa shape index (κ2) is 5.76. The van der Waals surface area contributed by atoms with Crippen LogP contribution in [0.4, 0.5) is 16.0 Å². The summed E-state index contributed by atoms with van der Waals surface area (Å²) in [5.74, 6) is 0.683. The van der Waals surface area contributed by atoms with Crippen molar-refractivity contribution in [3.63, 3.8) is 0 Å². The predicted molar refractivity (Wildman–Crippen MR) is 80.7 cm³/mol. The highest BCUT2D eigenvalue weighted by Crippen LogP contribution is 2.33. The third-order valence-electron chi connectivity index (χ3n) is 3.98. The Bertz CT molecular complexity index is 632. The first-order chi connectivity index (χ1) is 10.2. The monoisotopic (exact) mass is 289 g/mol. The molecule has 2 aromatic rings. The number of methoxy groups -OCH3 is 1. The summed E-state index contributed by atoms with van der Waals surface area (Å²) in [6, 6.07) is 5.26. The van der Waals surface area contributed by atoms with Crippen LogP contribution >= 0.6 is 0 Å². The van der Waals surface area contributed by atoms with E-state index in [1.807, 2.05) is 6.92 Å². The van der Waals surface area contributed by atoms with Crippen LogP contribution in [0, 0.1) is 12.7 Å². The topological polar surface area (TPSA) is 39.1 Å². The molecule has 112 valence electrons. The smallest absolute Gasteiger partial charge is 0.207 e. The highest BCUT2D eigenvalue weighted by Gasteiger charge is 2.20. The minimum atomic E-state index is -0.363. The minimum absolute atomic E-state index is 0.232. The minimum Gasteiger partial charge on any atom is -0.494 e. The van der Waals surface area contributed by atoms with Crippen LogP contribution in [-0.4, -0.2) is 16.7 Å². The lowest BCUT2D eigenvalue weighted by atomic mass is 10.2. The third-order valence-corrected chi connectivity index (χ3v) is 3.98. The van der Waals surface area contributed by atoms with Crippen LogP contribution in [0.2, 0.25) is 0 Å². The maximum Gasteiger partial charge on any atom is 0.207 e. The van der Waals surface area contributed by atoms with E-state index < -0.39 is 0 Å². The number of nitrogens with zero attached hydrogens (tertiary/aromatic N) is 2. The Balaban J connectivity index is 1.87. The maximum absolute atomic E-state index is 13.5. The van der Waals surface area contributed by atoms with Gasteiger partial charge in [0.1, 0.15) is 0 Å². The van der Waals surface area contributed by atoms with Crippen molar-refractivity contribution in [2.75, 3.05) is 12.4 Å². The third kappa shape index (κ3) is 2.86. The van der Waals surface area contributed by atoms with Crippen molar-refractivity contribution in [1.29, 1.82) is 0 Å². The van der Waals surface area contributed by atoms with Crippen molar-refractivity contribution in [2.24, 2.45) is 0 Å². The first-order valence-electron chi connectivity index (χ1n) is 7.33. The summed E-state index contributed by atoms with van der Waals surface area (Å²) in [6.45, 7) is 1.99. The van der Waals surface area contributed by atoms with Crippen molar-refractivity contribution in [2.45, 2.75) is 38.6 Å². The molecule has 21 heavy (non-hydrogen) atoms. The number of rotatable bonds is 4. The Morgan fingerprint density at radius 2 is 2.10 bits per heavy atom. The Kier molecular flexibility index (Phi) is 3.82. The molecule has 0 atom stereocenters. The van der Waals surface area contributed by atoms with Gasteiger partial charge in [0.2, 0.25) is 5.95 Å². The summed E-state index contributed by atoms with van der Waals surface area (Å²) >= 11 is 0. The Morgan fingerprint density at radius 1 is 1.33 bits per heavy atom. The van der Waals surface area contributed by atoms with E-state index >= 15 is 0 Å². The molecule has 1 aliphatic rings. The van der Waals surface area contributed by atoms with E-state index in [0.29, 0.717) is 6.04 Å². The van der Waals surface area contributed by atoms with E-state index in [1.165, 1.54) is 38.9 Å². The van der Waals surface area contributed by atoms with Gasteiger partial charge in [-0.05, 0) is 31.9 Å². The molecule has 0 saturated heterocycles. The van der Waals surface area contributed by atoms with Crippen molar-refractivity contribution in [3.05, 3.63) is 35.9 Å². The highest BCUT2D eigenvalue weighted by molar-refractivity contribution is 5.57. The summed E-state index contributed by atoms with van der Waals surface area (Å²) in [4.78, 5) is 4.55. The Morgan fingerprint density at radius 3 is 2.81 bits per heavy atom. The van der Waals surface area contributed by atoms with E-state index in [1.54, 1.807) is 12.1 Å². The van der Waals surface area contributed by atoms with Crippen LogP contribution in [-0.2, 0) is 0 Å². The lowest BCUT2D eigenvalue weighted by Crippen LogP contribution is -2.08. The molecule has 4 nitrogen and oxygen atoms in total. The average Bonchev–Trinajstić information content (AvgIpc) is 3.10. The molecule has 1 aromatic carbocycles. The van der Waals surface area contributed by atoms with Crippen LogP contribution in [0.25, 0.3) is 0 Å². The maximum atomic E-state index is 13.5. The molecule has 1 aromatic heterocycles. The molecule has 0 spiro atoms. The summed E-state index contributed by atoms with van der Waals surface area (Å²) in [5, 5.41) is 3.28. The molecular formula is C16H20FN3O. The Labute approximate surface area is 124 Å². The molecular weight excluding hydrogens is 269 g/mol. The first-order valence-corrected chi connectivity index (χ1v) is 7.33. The lowest BCUT2D eigenvalue weighted by molar-refractivity contribution is 0.387. The number of aryl methyl sites for hydroxylation is 1. The van der Waals surface area contributed by atoms with Crippen LogP contribution in [0.3, 0.4) is 0 Å². The molecule has 1 N–H and O–H groups in total. The quantitative estimate of drug-likeness (QED) is 0.917. The number of imidazole rings is 1. The normalized spacial score (nSPS) is 15.4. The molecule has 5 heteroatoms. The summed E-state index contributed by atoms with van der Waals surface area (Å²) < 4.78 is 20.7. The van der Waals surface area contributed by atoms with E-state index in [0.717, 1.165) is 17.3 Å². The van der Waals surface area contributed by atoms with Gasteiger partial charge in [0.15, 0.2) is 11.6 Å². The number of hydrogen-bond donors (Lipinski definition) is 1. The molecule has 0 radical (unpaired) electrons. The Hall–Kier alpha value is -2.04. The fraction of sp³-hybridized carbons (Fsp3) is 0.438. The second-order valence-electron chi connectivity index (χ2n) is 5.53. The van der Waals surface area contributed by atoms with Gasteiger partial charge >= 0.3 is 0 Å². The number of ether oxygens (including phenoxy) is 1. The van der Waals surface area contributed by atoms with Crippen LogP contribution < -0.4 is 10.1 Å². The van der Waals surface area contributed by atoms with E-state index in [2.05, 4.69) is 21.1 Å². The van der Waals surface area contributed by atoms with Crippen molar-refractivity contribution in [1.82, 2.24) is 9.55 Å². The number of halogens is 1. The average molecular weight is 289 g/mol. The van der Waals surface area contributed by atoms with E-state index in [9.17, 15) is 4.39 Å². The van der Waals surface area contributed by atoms with Gasteiger partial charge in [0, 0.05) is 24.0 Å². The van der Waals surface area contributed by atoms with Crippen molar-refractivity contribution < 1.29 is 9.13 Å². The number of anilines is 2. The molecule has 0 unspecified atom stereocenters. The fourth-order valence-corrected chi connectivity index (χ4v) is 2.94. The standard InChI is InChI=1S/C16H20FN3O/c1-11-10-20(13-5-3-4-6-13)16(18-11)19-12-7-8-14(17)15(9-12)21-2/h7-10,13H,3-6H2,1-2H3,(H,18,19). The molecule has 1 fully saturated rings. The van der Waals surface area contributed by atoms with Gasteiger partial charge in [-0.15, -0.1) is 0 Å². The van der Waals surface area contributed by atoms with Gasteiger partial charge in [-0.3, -0.25) is 0 Å². The number of hydrogen-bond acceptors (Lipinski definition) is 3. The zero-order valence-electron chi connectivity index (χ0n) is 12.4. The van der Waals surface area contributed by atoms with E-state index in [4.69, 9.17) is 4.74 Å². The zero-order valence-corrected chi connectivity index (χ0v) is 12.4. The van der Waals surface area contributed by atoms with E-state index in [-0.39, 0.29) is 11.6 Å². The second-order valence-corrected chi connectivity index (χ2v) is 5.53.